The summed E-state index contributed by atoms with van der Waals surface area (Å²) in [6, 6.07) is 14.7. The zero-order chi connectivity index (χ0) is 17.1. The van der Waals surface area contributed by atoms with E-state index in [0.29, 0.717) is 16.6 Å². The van der Waals surface area contributed by atoms with Gasteiger partial charge in [-0.15, -0.1) is 0 Å². The zero-order valence-electron chi connectivity index (χ0n) is 13.3. The van der Waals surface area contributed by atoms with Gasteiger partial charge in [0.05, 0.1) is 7.11 Å². The molecule has 0 spiro atoms. The SMILES string of the molecule is COc1ccc(Br)cc1S(=O)(=O)NC(C)(C)Cc1ccccc1. The van der Waals surface area contributed by atoms with Crippen LogP contribution in [0.25, 0.3) is 0 Å². The van der Waals surface area contributed by atoms with Crippen LogP contribution in [-0.4, -0.2) is 21.1 Å². The second kappa shape index (κ2) is 7.03. The van der Waals surface area contributed by atoms with Crippen LogP contribution >= 0.6 is 15.9 Å². The zero-order valence-corrected chi connectivity index (χ0v) is 15.7. The molecule has 124 valence electrons. The van der Waals surface area contributed by atoms with Crippen LogP contribution in [0.15, 0.2) is 57.9 Å². The van der Waals surface area contributed by atoms with E-state index in [-0.39, 0.29) is 4.90 Å². The van der Waals surface area contributed by atoms with Gasteiger partial charge in [0.1, 0.15) is 10.6 Å². The lowest BCUT2D eigenvalue weighted by Gasteiger charge is -2.26. The van der Waals surface area contributed by atoms with Crippen molar-refractivity contribution in [1.29, 1.82) is 0 Å². The summed E-state index contributed by atoms with van der Waals surface area (Å²) in [6.07, 6.45) is 0.587. The van der Waals surface area contributed by atoms with Gasteiger partial charge in [0, 0.05) is 10.0 Å². The Morgan fingerprint density at radius 1 is 1.13 bits per heavy atom. The van der Waals surface area contributed by atoms with E-state index in [1.165, 1.54) is 7.11 Å². The van der Waals surface area contributed by atoms with Crippen LogP contribution in [0.1, 0.15) is 19.4 Å². The smallest absolute Gasteiger partial charge is 0.244 e. The Labute approximate surface area is 146 Å². The van der Waals surface area contributed by atoms with Crippen LogP contribution in [0, 0.1) is 0 Å². The molecule has 0 radical (unpaired) electrons. The number of sulfonamides is 1. The Balaban J connectivity index is 2.28. The maximum absolute atomic E-state index is 12.8. The summed E-state index contributed by atoms with van der Waals surface area (Å²) in [4.78, 5) is 0.121. The van der Waals surface area contributed by atoms with E-state index < -0.39 is 15.6 Å². The molecule has 0 saturated carbocycles. The van der Waals surface area contributed by atoms with Gasteiger partial charge in [0.15, 0.2) is 0 Å². The molecule has 0 aliphatic heterocycles. The Morgan fingerprint density at radius 2 is 1.78 bits per heavy atom. The molecule has 0 saturated heterocycles. The quantitative estimate of drug-likeness (QED) is 0.806. The number of hydrogen-bond donors (Lipinski definition) is 1. The molecule has 0 aliphatic carbocycles. The van der Waals surface area contributed by atoms with Crippen molar-refractivity contribution in [2.45, 2.75) is 30.7 Å². The lowest BCUT2D eigenvalue weighted by molar-refractivity contribution is 0.399. The van der Waals surface area contributed by atoms with Crippen LogP contribution in [0.5, 0.6) is 5.75 Å². The molecule has 6 heteroatoms. The summed E-state index contributed by atoms with van der Waals surface area (Å²) in [7, 11) is -2.25. The minimum Gasteiger partial charge on any atom is -0.495 e. The first-order valence-corrected chi connectivity index (χ1v) is 9.42. The topological polar surface area (TPSA) is 55.4 Å². The molecular formula is C17H20BrNO3S. The van der Waals surface area contributed by atoms with Crippen LogP contribution in [-0.2, 0) is 16.4 Å². The van der Waals surface area contributed by atoms with Gasteiger partial charge < -0.3 is 4.74 Å². The van der Waals surface area contributed by atoms with Crippen molar-refractivity contribution in [3.8, 4) is 5.75 Å². The van der Waals surface area contributed by atoms with Crippen molar-refractivity contribution >= 4 is 26.0 Å². The summed E-state index contributed by atoms with van der Waals surface area (Å²) >= 11 is 3.30. The summed E-state index contributed by atoms with van der Waals surface area (Å²) in [5.41, 5.74) is 0.439. The van der Waals surface area contributed by atoms with E-state index in [1.54, 1.807) is 18.2 Å². The number of rotatable bonds is 6. The molecule has 0 amide bonds. The maximum Gasteiger partial charge on any atom is 0.244 e. The summed E-state index contributed by atoms with van der Waals surface area (Å²) in [5.74, 6) is 0.316. The number of hydrogen-bond acceptors (Lipinski definition) is 3. The molecule has 0 bridgehead atoms. The highest BCUT2D eigenvalue weighted by Gasteiger charge is 2.28. The first kappa shape index (κ1) is 18.0. The number of methoxy groups -OCH3 is 1. The Kier molecular flexibility index (Phi) is 5.49. The van der Waals surface area contributed by atoms with Crippen LogP contribution in [0.4, 0.5) is 0 Å². The highest BCUT2D eigenvalue weighted by Crippen LogP contribution is 2.28. The predicted molar refractivity (Wildman–Crippen MR) is 95.2 cm³/mol. The van der Waals surface area contributed by atoms with Crippen molar-refractivity contribution in [2.24, 2.45) is 0 Å². The average Bonchev–Trinajstić information content (AvgIpc) is 2.46. The average molecular weight is 398 g/mol. The maximum atomic E-state index is 12.8. The molecule has 0 heterocycles. The van der Waals surface area contributed by atoms with E-state index in [1.807, 2.05) is 44.2 Å². The number of nitrogens with one attached hydrogen (secondary N) is 1. The summed E-state index contributed by atoms with van der Waals surface area (Å²) in [5, 5.41) is 0. The van der Waals surface area contributed by atoms with Gasteiger partial charge in [-0.3, -0.25) is 0 Å². The van der Waals surface area contributed by atoms with Crippen molar-refractivity contribution in [3.63, 3.8) is 0 Å². The lowest BCUT2D eigenvalue weighted by atomic mass is 9.96. The van der Waals surface area contributed by atoms with Gasteiger partial charge in [0.25, 0.3) is 0 Å². The van der Waals surface area contributed by atoms with Crippen LogP contribution in [0.3, 0.4) is 0 Å². The van der Waals surface area contributed by atoms with Crippen molar-refractivity contribution in [3.05, 3.63) is 58.6 Å². The standard InChI is InChI=1S/C17H20BrNO3S/c1-17(2,12-13-7-5-4-6-8-13)19-23(20,21)16-11-14(18)9-10-15(16)22-3/h4-11,19H,12H2,1-3H3. The minimum absolute atomic E-state index is 0.121. The molecule has 4 nitrogen and oxygen atoms in total. The monoisotopic (exact) mass is 397 g/mol. The van der Waals surface area contributed by atoms with E-state index in [9.17, 15) is 8.42 Å². The van der Waals surface area contributed by atoms with Gasteiger partial charge in [-0.05, 0) is 44.0 Å². The van der Waals surface area contributed by atoms with Gasteiger partial charge in [-0.25, -0.2) is 13.1 Å². The fourth-order valence-corrected chi connectivity index (χ4v) is 4.54. The van der Waals surface area contributed by atoms with E-state index >= 15 is 0 Å². The van der Waals surface area contributed by atoms with Crippen molar-refractivity contribution < 1.29 is 13.2 Å². The molecule has 0 fully saturated rings. The predicted octanol–water partition coefficient (Wildman–Crippen LogP) is 3.76. The molecule has 0 atom stereocenters. The molecule has 0 unspecified atom stereocenters. The van der Waals surface area contributed by atoms with Crippen molar-refractivity contribution in [2.75, 3.05) is 7.11 Å². The normalized spacial score (nSPS) is 12.2. The van der Waals surface area contributed by atoms with E-state index in [2.05, 4.69) is 20.7 Å². The lowest BCUT2D eigenvalue weighted by Crippen LogP contribution is -2.45. The third-order valence-corrected chi connectivity index (χ3v) is 5.53. The second-order valence-electron chi connectivity index (χ2n) is 5.95. The number of ether oxygens (including phenoxy) is 1. The fourth-order valence-electron chi connectivity index (χ4n) is 2.42. The molecule has 0 aromatic heterocycles. The molecule has 23 heavy (non-hydrogen) atoms. The second-order valence-corrected chi connectivity index (χ2v) is 8.51. The Bertz CT molecular complexity index is 774. The summed E-state index contributed by atoms with van der Waals surface area (Å²) < 4.78 is 34.1. The van der Waals surface area contributed by atoms with Gasteiger partial charge in [0.2, 0.25) is 10.0 Å². The summed E-state index contributed by atoms with van der Waals surface area (Å²) in [6.45, 7) is 3.73. The largest absolute Gasteiger partial charge is 0.495 e. The molecule has 1 N–H and O–H groups in total. The Hall–Kier alpha value is -1.37. The highest BCUT2D eigenvalue weighted by atomic mass is 79.9. The van der Waals surface area contributed by atoms with E-state index in [4.69, 9.17) is 4.74 Å². The minimum atomic E-state index is -3.71. The number of benzene rings is 2. The molecule has 2 aromatic rings. The molecule has 0 aliphatic rings. The number of halogens is 1. The van der Waals surface area contributed by atoms with Crippen molar-refractivity contribution in [1.82, 2.24) is 4.72 Å². The van der Waals surface area contributed by atoms with Gasteiger partial charge in [-0.1, -0.05) is 46.3 Å². The highest BCUT2D eigenvalue weighted by molar-refractivity contribution is 9.10. The van der Waals surface area contributed by atoms with Crippen LogP contribution < -0.4 is 9.46 Å². The first-order chi connectivity index (χ1) is 10.7. The Morgan fingerprint density at radius 3 is 2.39 bits per heavy atom. The fraction of sp³-hybridized carbons (Fsp3) is 0.294. The van der Waals surface area contributed by atoms with Crippen LogP contribution in [0.2, 0.25) is 0 Å². The third kappa shape index (κ3) is 4.80. The third-order valence-electron chi connectivity index (χ3n) is 3.31. The van der Waals surface area contributed by atoms with Gasteiger partial charge >= 0.3 is 0 Å². The van der Waals surface area contributed by atoms with E-state index in [0.717, 1.165) is 5.56 Å². The molecular weight excluding hydrogens is 378 g/mol. The molecule has 2 rings (SSSR count). The first-order valence-electron chi connectivity index (χ1n) is 7.15. The molecule has 2 aromatic carbocycles. The van der Waals surface area contributed by atoms with Gasteiger partial charge in [-0.2, -0.15) is 0 Å².